The molecule has 0 saturated heterocycles. The van der Waals surface area contributed by atoms with E-state index in [1.54, 1.807) is 12.1 Å². The Labute approximate surface area is 74.5 Å². The van der Waals surface area contributed by atoms with Gasteiger partial charge in [-0.2, -0.15) is 0 Å². The third kappa shape index (κ3) is 3.76. The van der Waals surface area contributed by atoms with Crippen LogP contribution in [0.15, 0.2) is 22.8 Å². The Balaban J connectivity index is 0. The minimum atomic E-state index is -0.00694. The molecule has 0 aromatic carbocycles. The van der Waals surface area contributed by atoms with Gasteiger partial charge in [0.1, 0.15) is 12.4 Å². The standard InChI is InChI=1S/C5H6O2.ClH.Ti/c6-4-5-2-1-3-7-5;;/h1-3,6H,4H2;1H;. The summed E-state index contributed by atoms with van der Waals surface area (Å²) in [6, 6.07) is 3.46. The minimum absolute atomic E-state index is 0. The van der Waals surface area contributed by atoms with Gasteiger partial charge in [-0.05, 0) is 12.1 Å². The first kappa shape index (κ1) is 12.0. The van der Waals surface area contributed by atoms with E-state index in [2.05, 4.69) is 0 Å². The first-order valence-corrected chi connectivity index (χ1v) is 2.06. The molecule has 0 aliphatic carbocycles. The van der Waals surface area contributed by atoms with Crippen molar-refractivity contribution in [1.82, 2.24) is 0 Å². The fraction of sp³-hybridized carbons (Fsp3) is 0.200. The molecule has 1 aromatic heterocycles. The maximum absolute atomic E-state index is 8.33. The van der Waals surface area contributed by atoms with Gasteiger partial charge in [-0.3, -0.25) is 0 Å². The first-order chi connectivity index (χ1) is 3.43. The van der Waals surface area contributed by atoms with E-state index < -0.39 is 0 Å². The maximum Gasteiger partial charge on any atom is 0.129 e. The summed E-state index contributed by atoms with van der Waals surface area (Å²) in [7, 11) is 0. The normalized spacial score (nSPS) is 7.22. The summed E-state index contributed by atoms with van der Waals surface area (Å²) in [6.45, 7) is -0.00694. The summed E-state index contributed by atoms with van der Waals surface area (Å²) in [5.74, 6) is 0.611. The molecular formula is C5H7ClO2Ti. The van der Waals surface area contributed by atoms with E-state index in [1.165, 1.54) is 6.26 Å². The molecule has 0 aliphatic rings. The molecule has 0 saturated carbocycles. The van der Waals surface area contributed by atoms with Crippen molar-refractivity contribution in [3.63, 3.8) is 0 Å². The van der Waals surface area contributed by atoms with Gasteiger partial charge in [-0.25, -0.2) is 0 Å². The van der Waals surface area contributed by atoms with Crippen LogP contribution in [-0.4, -0.2) is 5.11 Å². The largest absolute Gasteiger partial charge is 0.467 e. The van der Waals surface area contributed by atoms with Crippen LogP contribution in [0.25, 0.3) is 0 Å². The van der Waals surface area contributed by atoms with Crippen molar-refractivity contribution >= 4 is 12.4 Å². The first-order valence-electron chi connectivity index (χ1n) is 2.06. The third-order valence-electron chi connectivity index (χ3n) is 0.736. The molecule has 1 rings (SSSR count). The van der Waals surface area contributed by atoms with E-state index in [9.17, 15) is 0 Å². The molecule has 9 heavy (non-hydrogen) atoms. The molecule has 1 N–H and O–H groups in total. The zero-order chi connectivity index (χ0) is 5.11. The molecule has 0 bridgehead atoms. The minimum Gasteiger partial charge on any atom is -0.467 e. The Morgan fingerprint density at radius 3 is 2.44 bits per heavy atom. The van der Waals surface area contributed by atoms with Crippen LogP contribution in [0, 0.1) is 0 Å². The van der Waals surface area contributed by atoms with Crippen molar-refractivity contribution in [3.8, 4) is 0 Å². The number of aliphatic hydroxyl groups is 1. The topological polar surface area (TPSA) is 33.4 Å². The van der Waals surface area contributed by atoms with Crippen molar-refractivity contribution < 1.29 is 31.2 Å². The van der Waals surface area contributed by atoms with Crippen LogP contribution in [-0.2, 0) is 28.3 Å². The molecule has 2 nitrogen and oxygen atoms in total. The third-order valence-corrected chi connectivity index (χ3v) is 0.736. The molecule has 0 spiro atoms. The molecule has 0 aliphatic heterocycles. The summed E-state index contributed by atoms with van der Waals surface area (Å²) < 4.78 is 4.73. The summed E-state index contributed by atoms with van der Waals surface area (Å²) in [5.41, 5.74) is 0. The Morgan fingerprint density at radius 1 is 1.56 bits per heavy atom. The maximum atomic E-state index is 8.33. The smallest absolute Gasteiger partial charge is 0.129 e. The molecule has 1 aromatic rings. The quantitative estimate of drug-likeness (QED) is 0.662. The van der Waals surface area contributed by atoms with Crippen LogP contribution >= 0.6 is 12.4 Å². The molecule has 0 atom stereocenters. The second kappa shape index (κ2) is 6.37. The zero-order valence-corrected chi connectivity index (χ0v) is 7.08. The van der Waals surface area contributed by atoms with E-state index in [0.717, 1.165) is 0 Å². The molecule has 50 valence electrons. The van der Waals surface area contributed by atoms with E-state index in [-0.39, 0.29) is 40.7 Å². The fourth-order valence-corrected chi connectivity index (χ4v) is 0.403. The van der Waals surface area contributed by atoms with Crippen molar-refractivity contribution in [2.24, 2.45) is 0 Å². The molecule has 0 fully saturated rings. The Kier molecular flexibility index (Phi) is 8.47. The summed E-state index contributed by atoms with van der Waals surface area (Å²) in [5, 5.41) is 8.33. The number of halogens is 1. The van der Waals surface area contributed by atoms with Crippen LogP contribution in [0.2, 0.25) is 0 Å². The van der Waals surface area contributed by atoms with Crippen molar-refractivity contribution in [1.29, 1.82) is 0 Å². The van der Waals surface area contributed by atoms with Gasteiger partial charge in [-0.1, -0.05) is 0 Å². The number of hydrogen-bond donors (Lipinski definition) is 1. The van der Waals surface area contributed by atoms with E-state index in [1.807, 2.05) is 0 Å². The SMILES string of the molecule is Cl.OCc1ccco1.[Ti]. The van der Waals surface area contributed by atoms with Gasteiger partial charge >= 0.3 is 0 Å². The van der Waals surface area contributed by atoms with Crippen LogP contribution in [0.1, 0.15) is 5.76 Å². The molecular weight excluding hydrogens is 175 g/mol. The molecule has 0 unspecified atom stereocenters. The number of rotatable bonds is 1. The van der Waals surface area contributed by atoms with Gasteiger partial charge in [0.15, 0.2) is 0 Å². The molecule has 0 amide bonds. The van der Waals surface area contributed by atoms with Crippen LogP contribution in [0.5, 0.6) is 0 Å². The van der Waals surface area contributed by atoms with E-state index >= 15 is 0 Å². The van der Waals surface area contributed by atoms with Gasteiger partial charge in [0.2, 0.25) is 0 Å². The summed E-state index contributed by atoms with van der Waals surface area (Å²) in [6.07, 6.45) is 1.53. The van der Waals surface area contributed by atoms with Gasteiger partial charge < -0.3 is 9.52 Å². The van der Waals surface area contributed by atoms with Crippen molar-refractivity contribution in [2.75, 3.05) is 0 Å². The average molecular weight is 182 g/mol. The Hall–Kier alpha value is 0.244. The van der Waals surface area contributed by atoms with Gasteiger partial charge in [0, 0.05) is 21.7 Å². The molecule has 1 heterocycles. The van der Waals surface area contributed by atoms with Crippen LogP contribution in [0.4, 0.5) is 0 Å². The van der Waals surface area contributed by atoms with Gasteiger partial charge in [0.05, 0.1) is 6.26 Å². The number of hydrogen-bond acceptors (Lipinski definition) is 2. The van der Waals surface area contributed by atoms with Gasteiger partial charge in [0.25, 0.3) is 0 Å². The van der Waals surface area contributed by atoms with Gasteiger partial charge in [-0.15, -0.1) is 12.4 Å². The average Bonchev–Trinajstić information content (AvgIpc) is 2.14. The summed E-state index contributed by atoms with van der Waals surface area (Å²) in [4.78, 5) is 0. The van der Waals surface area contributed by atoms with Crippen molar-refractivity contribution in [3.05, 3.63) is 24.2 Å². The Morgan fingerprint density at radius 2 is 2.22 bits per heavy atom. The number of furan rings is 1. The van der Waals surface area contributed by atoms with Crippen molar-refractivity contribution in [2.45, 2.75) is 6.61 Å². The molecule has 4 heteroatoms. The van der Waals surface area contributed by atoms with E-state index in [0.29, 0.717) is 5.76 Å². The summed E-state index contributed by atoms with van der Waals surface area (Å²) >= 11 is 0. The van der Waals surface area contributed by atoms with Crippen LogP contribution in [0.3, 0.4) is 0 Å². The fourth-order valence-electron chi connectivity index (χ4n) is 0.403. The predicted octanol–water partition coefficient (Wildman–Crippen LogP) is 1.19. The van der Waals surface area contributed by atoms with E-state index in [4.69, 9.17) is 9.52 Å². The Bertz CT molecular complexity index is 130. The molecule has 0 radical (unpaired) electrons. The zero-order valence-electron chi connectivity index (χ0n) is 4.70. The monoisotopic (exact) mass is 182 g/mol. The predicted molar refractivity (Wildman–Crippen MR) is 31.9 cm³/mol. The second-order valence-electron chi connectivity index (χ2n) is 1.24. The second-order valence-corrected chi connectivity index (χ2v) is 1.24. The van der Waals surface area contributed by atoms with Crippen LogP contribution < -0.4 is 0 Å². The number of aliphatic hydroxyl groups excluding tert-OH is 1.